The van der Waals surface area contributed by atoms with Gasteiger partial charge in [-0.25, -0.2) is 30.8 Å². The van der Waals surface area contributed by atoms with E-state index in [0.717, 1.165) is 36.8 Å². The summed E-state index contributed by atoms with van der Waals surface area (Å²) in [6.45, 7) is -1.89. The monoisotopic (exact) mass is 764 g/mol. The SMILES string of the molecule is COc1cc(C(=O)O)ccc1N(Cc1cc(C2CC2)cc(C2CC2)c1)C(=O)CN(Cc1ccccc1Cl)S(=O)(=O)c1c(F)c(F)c(F)c(F)c1Cl. The number of carbonyl (C=O) groups is 2. The molecule has 0 spiro atoms. The molecule has 15 heteroatoms. The highest BCUT2D eigenvalue weighted by Crippen LogP contribution is 2.46. The maximum Gasteiger partial charge on any atom is 0.335 e. The molecule has 4 aromatic carbocycles. The first-order valence-corrected chi connectivity index (χ1v) is 18.0. The van der Waals surface area contributed by atoms with E-state index in [9.17, 15) is 36.3 Å². The van der Waals surface area contributed by atoms with Crippen LogP contribution in [0.5, 0.6) is 5.75 Å². The Hall–Kier alpha value is -4.17. The van der Waals surface area contributed by atoms with Crippen molar-refractivity contribution in [1.82, 2.24) is 4.31 Å². The molecule has 0 heterocycles. The van der Waals surface area contributed by atoms with Crippen molar-refractivity contribution in [2.75, 3.05) is 18.6 Å². The smallest absolute Gasteiger partial charge is 0.335 e. The summed E-state index contributed by atoms with van der Waals surface area (Å²) in [5.74, 6) is -10.6. The van der Waals surface area contributed by atoms with Crippen molar-refractivity contribution in [2.45, 2.75) is 55.5 Å². The topological polar surface area (TPSA) is 104 Å². The molecule has 4 aromatic rings. The van der Waals surface area contributed by atoms with E-state index >= 15 is 4.39 Å². The van der Waals surface area contributed by atoms with Crippen LogP contribution in [-0.4, -0.2) is 43.4 Å². The number of methoxy groups -OCH3 is 1. The number of anilines is 1. The van der Waals surface area contributed by atoms with Crippen molar-refractivity contribution in [3.63, 3.8) is 0 Å². The number of aromatic carboxylic acids is 1. The summed E-state index contributed by atoms with van der Waals surface area (Å²) in [6.07, 6.45) is 4.05. The molecule has 1 N–H and O–H groups in total. The van der Waals surface area contributed by atoms with E-state index in [1.165, 1.54) is 48.4 Å². The molecule has 2 saturated carbocycles. The molecule has 8 nitrogen and oxygen atoms in total. The van der Waals surface area contributed by atoms with Gasteiger partial charge in [0.2, 0.25) is 15.9 Å². The summed E-state index contributed by atoms with van der Waals surface area (Å²) in [5.41, 5.74) is 2.97. The van der Waals surface area contributed by atoms with E-state index in [0.29, 0.717) is 21.7 Å². The van der Waals surface area contributed by atoms with Crippen LogP contribution in [0.25, 0.3) is 0 Å². The molecule has 0 bridgehead atoms. The fourth-order valence-corrected chi connectivity index (χ4v) is 8.02. The second kappa shape index (κ2) is 14.5. The van der Waals surface area contributed by atoms with Crippen LogP contribution in [0.2, 0.25) is 10.0 Å². The predicted molar refractivity (Wildman–Crippen MR) is 182 cm³/mol. The number of hydrogen-bond donors (Lipinski definition) is 1. The van der Waals surface area contributed by atoms with Gasteiger partial charge in [0.15, 0.2) is 23.3 Å². The number of sulfonamides is 1. The van der Waals surface area contributed by atoms with Crippen LogP contribution in [-0.2, 0) is 27.9 Å². The molecule has 0 aromatic heterocycles. The zero-order valence-electron chi connectivity index (χ0n) is 26.9. The first kappa shape index (κ1) is 36.6. The lowest BCUT2D eigenvalue weighted by atomic mass is 9.99. The van der Waals surface area contributed by atoms with Gasteiger partial charge >= 0.3 is 5.97 Å². The summed E-state index contributed by atoms with van der Waals surface area (Å²) in [5, 5.41) is 8.11. The van der Waals surface area contributed by atoms with E-state index < -0.39 is 68.2 Å². The normalized spacial score (nSPS) is 14.5. The minimum absolute atomic E-state index is 0.0266. The van der Waals surface area contributed by atoms with Gasteiger partial charge in [0, 0.05) is 11.6 Å². The molecular weight excluding hydrogens is 735 g/mol. The molecule has 0 aliphatic heterocycles. The first-order valence-electron chi connectivity index (χ1n) is 15.8. The standard InChI is InChI=1S/C36H30Cl2F4N2O6S/c1-50-28-15-22(36(46)47)10-11-27(28)44(16-19-12-24(20-6-7-20)14-25(13-19)21-8-9-21)29(45)18-43(17-23-4-2-3-5-26(23)37)51(48,49)35-30(38)31(39)32(40)33(41)34(35)42/h2-5,10-15,20-21H,6-9,16-18H2,1H3,(H,46,47). The molecule has 2 aliphatic carbocycles. The van der Waals surface area contributed by atoms with Gasteiger partial charge in [-0.3, -0.25) is 4.79 Å². The van der Waals surface area contributed by atoms with Crippen LogP contribution < -0.4 is 9.64 Å². The Morgan fingerprint density at radius 2 is 1.45 bits per heavy atom. The van der Waals surface area contributed by atoms with Crippen molar-refractivity contribution >= 4 is 50.8 Å². The lowest BCUT2D eigenvalue weighted by molar-refractivity contribution is -0.119. The summed E-state index contributed by atoms with van der Waals surface area (Å²) < 4.78 is 92.4. The number of carboxylic acid groups (broad SMARTS) is 1. The fourth-order valence-electron chi connectivity index (χ4n) is 5.88. The molecular formula is C36H30Cl2F4N2O6S. The maximum atomic E-state index is 15.2. The third-order valence-corrected chi connectivity index (χ3v) is 11.6. The Morgan fingerprint density at radius 1 is 0.843 bits per heavy atom. The molecule has 0 saturated heterocycles. The number of benzene rings is 4. The van der Waals surface area contributed by atoms with E-state index in [4.69, 9.17) is 27.9 Å². The molecule has 51 heavy (non-hydrogen) atoms. The average molecular weight is 766 g/mol. The molecule has 2 fully saturated rings. The Morgan fingerprint density at radius 3 is 2.02 bits per heavy atom. The predicted octanol–water partition coefficient (Wildman–Crippen LogP) is 8.44. The quantitative estimate of drug-likeness (QED) is 0.0833. The molecule has 0 radical (unpaired) electrons. The van der Waals surface area contributed by atoms with E-state index in [-0.39, 0.29) is 34.1 Å². The van der Waals surface area contributed by atoms with E-state index in [1.54, 1.807) is 6.07 Å². The number of hydrogen-bond acceptors (Lipinski definition) is 5. The number of amides is 1. The zero-order chi connectivity index (χ0) is 36.8. The highest BCUT2D eigenvalue weighted by atomic mass is 35.5. The molecule has 268 valence electrons. The van der Waals surface area contributed by atoms with Gasteiger partial charge in [-0.05, 0) is 84.0 Å². The van der Waals surface area contributed by atoms with Gasteiger partial charge in [-0.15, -0.1) is 0 Å². The van der Waals surface area contributed by atoms with Crippen molar-refractivity contribution in [3.8, 4) is 5.75 Å². The van der Waals surface area contributed by atoms with Crippen LogP contribution >= 0.6 is 23.2 Å². The number of rotatable bonds is 13. The number of halogens is 6. The summed E-state index contributed by atoms with van der Waals surface area (Å²) in [6, 6.07) is 15.8. The molecule has 6 rings (SSSR count). The Labute approximate surface area is 301 Å². The molecule has 1 amide bonds. The van der Waals surface area contributed by atoms with Crippen LogP contribution in [0.3, 0.4) is 0 Å². The number of carboxylic acids is 1. The zero-order valence-corrected chi connectivity index (χ0v) is 29.3. The Balaban J connectivity index is 1.47. The second-order valence-corrected chi connectivity index (χ2v) is 15.2. The van der Waals surface area contributed by atoms with Gasteiger partial charge in [0.25, 0.3) is 0 Å². The largest absolute Gasteiger partial charge is 0.495 e. The average Bonchev–Trinajstić information content (AvgIpc) is 4.03. The minimum atomic E-state index is -5.41. The van der Waals surface area contributed by atoms with Gasteiger partial charge in [-0.2, -0.15) is 4.31 Å². The van der Waals surface area contributed by atoms with Crippen LogP contribution in [0.1, 0.15) is 70.1 Å². The van der Waals surface area contributed by atoms with Gasteiger partial charge in [0.1, 0.15) is 15.7 Å². The highest BCUT2D eigenvalue weighted by Gasteiger charge is 2.38. The lowest BCUT2D eigenvalue weighted by Crippen LogP contribution is -2.43. The molecule has 2 aliphatic rings. The van der Waals surface area contributed by atoms with Crippen LogP contribution in [0, 0.1) is 23.3 Å². The van der Waals surface area contributed by atoms with Crippen molar-refractivity contribution in [3.05, 3.63) is 122 Å². The number of ether oxygens (including phenoxy) is 1. The van der Waals surface area contributed by atoms with E-state index in [2.05, 4.69) is 6.07 Å². The summed E-state index contributed by atoms with van der Waals surface area (Å²) in [4.78, 5) is 25.7. The lowest BCUT2D eigenvalue weighted by Gasteiger charge is -2.29. The third kappa shape index (κ3) is 7.57. The maximum absolute atomic E-state index is 15.2. The summed E-state index contributed by atoms with van der Waals surface area (Å²) in [7, 11) is -4.14. The Bertz CT molecular complexity index is 2100. The van der Waals surface area contributed by atoms with Crippen LogP contribution in [0.15, 0.2) is 65.6 Å². The van der Waals surface area contributed by atoms with Gasteiger partial charge in [-0.1, -0.05) is 59.6 Å². The molecule has 0 atom stereocenters. The minimum Gasteiger partial charge on any atom is -0.495 e. The summed E-state index contributed by atoms with van der Waals surface area (Å²) >= 11 is 12.1. The van der Waals surface area contributed by atoms with Crippen LogP contribution in [0.4, 0.5) is 23.2 Å². The Kier molecular flexibility index (Phi) is 10.4. The van der Waals surface area contributed by atoms with E-state index in [1.807, 2.05) is 12.1 Å². The van der Waals surface area contributed by atoms with Gasteiger partial charge in [0.05, 0.1) is 31.5 Å². The van der Waals surface area contributed by atoms with Crippen molar-refractivity contribution < 1.29 is 45.4 Å². The van der Waals surface area contributed by atoms with Gasteiger partial charge < -0.3 is 14.7 Å². The molecule has 0 unspecified atom stereocenters. The highest BCUT2D eigenvalue weighted by molar-refractivity contribution is 7.89. The first-order chi connectivity index (χ1) is 24.2. The van der Waals surface area contributed by atoms with Crippen molar-refractivity contribution in [1.29, 1.82) is 0 Å². The fraction of sp³-hybridized carbons (Fsp3) is 0.278. The number of carbonyl (C=O) groups excluding carboxylic acids is 1. The third-order valence-electron chi connectivity index (χ3n) is 8.88. The number of nitrogens with zero attached hydrogens (tertiary/aromatic N) is 2. The van der Waals surface area contributed by atoms with Crippen molar-refractivity contribution in [2.24, 2.45) is 0 Å². The second-order valence-electron chi connectivity index (χ2n) is 12.5.